The van der Waals surface area contributed by atoms with Crippen molar-refractivity contribution in [3.05, 3.63) is 34.5 Å². The Morgan fingerprint density at radius 1 is 1.25 bits per heavy atom. The number of nitrogens with zero attached hydrogens (tertiary/aromatic N) is 3. The first kappa shape index (κ1) is 14.9. The Bertz CT molecular complexity index is 762. The molecule has 3 aliphatic rings. The van der Waals surface area contributed by atoms with E-state index < -0.39 is 0 Å². The summed E-state index contributed by atoms with van der Waals surface area (Å²) in [6.07, 6.45) is 10.2. The molecule has 0 amide bonds. The number of hydrogen-bond acceptors (Lipinski definition) is 5. The first-order valence-electron chi connectivity index (χ1n) is 8.86. The largest absolute Gasteiger partial charge is 0.369 e. The number of anilines is 1. The third kappa shape index (κ3) is 2.46. The average molecular weight is 389 g/mol. The molecule has 3 saturated carbocycles. The summed E-state index contributed by atoms with van der Waals surface area (Å²) >= 11 is 3.50. The van der Waals surface area contributed by atoms with Gasteiger partial charge in [-0.05, 0) is 62.5 Å². The first-order chi connectivity index (χ1) is 11.7. The molecule has 1 N–H and O–H groups in total. The zero-order valence-electron chi connectivity index (χ0n) is 13.6. The lowest BCUT2D eigenvalue weighted by Crippen LogP contribution is -2.25. The van der Waals surface area contributed by atoms with Gasteiger partial charge in [0, 0.05) is 23.1 Å². The summed E-state index contributed by atoms with van der Waals surface area (Å²) < 4.78 is 6.75. The SMILES string of the molecule is Brc1ccnc(NCC23CCC(c4nc(C5CC5)no4)(CC2)C3)c1. The standard InChI is InChI=1S/C18H21BrN4O/c19-13-3-8-20-14(9-13)21-11-17-4-6-18(10-17,7-5-17)16-22-15(23-24-16)12-1-2-12/h3,8-9,12H,1-2,4-7,10-11H2,(H,20,21). The molecule has 3 aliphatic carbocycles. The summed E-state index contributed by atoms with van der Waals surface area (Å²) in [5.74, 6) is 3.36. The van der Waals surface area contributed by atoms with Crippen LogP contribution in [0.4, 0.5) is 5.82 Å². The fraction of sp³-hybridized carbons (Fsp3) is 0.611. The molecule has 0 saturated heterocycles. The molecule has 0 spiro atoms. The Morgan fingerprint density at radius 2 is 2.08 bits per heavy atom. The number of halogens is 1. The van der Waals surface area contributed by atoms with Gasteiger partial charge in [0.15, 0.2) is 5.82 Å². The number of rotatable bonds is 5. The van der Waals surface area contributed by atoms with Crippen LogP contribution in [0.25, 0.3) is 0 Å². The van der Waals surface area contributed by atoms with Crippen LogP contribution in [0.3, 0.4) is 0 Å². The van der Waals surface area contributed by atoms with E-state index in [0.717, 1.165) is 35.0 Å². The molecule has 0 aromatic carbocycles. The average Bonchev–Trinajstić information content (AvgIpc) is 3.07. The van der Waals surface area contributed by atoms with Crippen LogP contribution in [-0.2, 0) is 5.41 Å². The third-order valence-electron chi connectivity index (χ3n) is 6.19. The van der Waals surface area contributed by atoms with Crippen LogP contribution in [0, 0.1) is 5.41 Å². The summed E-state index contributed by atoms with van der Waals surface area (Å²) in [4.78, 5) is 9.17. The molecule has 2 aromatic heterocycles. The van der Waals surface area contributed by atoms with E-state index in [0.29, 0.717) is 11.3 Å². The number of nitrogens with one attached hydrogen (secondary N) is 1. The third-order valence-corrected chi connectivity index (χ3v) is 6.68. The molecule has 126 valence electrons. The Morgan fingerprint density at radius 3 is 2.83 bits per heavy atom. The van der Waals surface area contributed by atoms with Gasteiger partial charge in [0.05, 0.1) is 5.41 Å². The van der Waals surface area contributed by atoms with Gasteiger partial charge in [0.25, 0.3) is 0 Å². The molecule has 5 rings (SSSR count). The van der Waals surface area contributed by atoms with Crippen molar-refractivity contribution in [3.8, 4) is 0 Å². The number of pyridine rings is 1. The maximum atomic E-state index is 5.69. The van der Waals surface area contributed by atoms with Crippen molar-refractivity contribution in [2.24, 2.45) is 5.41 Å². The number of aromatic nitrogens is 3. The Kier molecular flexibility index (Phi) is 3.27. The number of fused-ring (bicyclic) bond motifs is 2. The van der Waals surface area contributed by atoms with Crippen LogP contribution in [0.1, 0.15) is 62.6 Å². The minimum absolute atomic E-state index is 0.131. The van der Waals surface area contributed by atoms with Gasteiger partial charge in [-0.2, -0.15) is 4.98 Å². The van der Waals surface area contributed by atoms with Gasteiger partial charge >= 0.3 is 0 Å². The highest BCUT2D eigenvalue weighted by Crippen LogP contribution is 2.62. The highest BCUT2D eigenvalue weighted by atomic mass is 79.9. The second-order valence-corrected chi connectivity index (χ2v) is 8.82. The molecule has 24 heavy (non-hydrogen) atoms. The predicted octanol–water partition coefficient (Wildman–Crippen LogP) is 4.42. The van der Waals surface area contributed by atoms with Gasteiger partial charge in [0.1, 0.15) is 5.82 Å². The molecular weight excluding hydrogens is 368 g/mol. The second-order valence-electron chi connectivity index (χ2n) is 7.90. The minimum Gasteiger partial charge on any atom is -0.369 e. The zero-order chi connectivity index (χ0) is 16.2. The van der Waals surface area contributed by atoms with Crippen molar-refractivity contribution >= 4 is 21.7 Å². The minimum atomic E-state index is 0.131. The molecule has 0 radical (unpaired) electrons. The van der Waals surface area contributed by atoms with Crippen LogP contribution in [0.5, 0.6) is 0 Å². The van der Waals surface area contributed by atoms with Crippen LogP contribution in [0.2, 0.25) is 0 Å². The monoisotopic (exact) mass is 388 g/mol. The summed E-state index contributed by atoms with van der Waals surface area (Å²) in [5, 5.41) is 7.78. The van der Waals surface area contributed by atoms with Crippen molar-refractivity contribution in [1.29, 1.82) is 0 Å². The van der Waals surface area contributed by atoms with E-state index >= 15 is 0 Å². The van der Waals surface area contributed by atoms with Crippen molar-refractivity contribution in [2.75, 3.05) is 11.9 Å². The number of hydrogen-bond donors (Lipinski definition) is 1. The maximum absolute atomic E-state index is 5.69. The fourth-order valence-corrected chi connectivity index (χ4v) is 4.93. The van der Waals surface area contributed by atoms with Gasteiger partial charge in [-0.15, -0.1) is 0 Å². The van der Waals surface area contributed by atoms with Crippen LogP contribution >= 0.6 is 15.9 Å². The summed E-state index contributed by atoms with van der Waals surface area (Å²) in [7, 11) is 0. The second kappa shape index (κ2) is 5.28. The molecule has 5 nitrogen and oxygen atoms in total. The molecule has 6 heteroatoms. The highest BCUT2D eigenvalue weighted by molar-refractivity contribution is 9.10. The van der Waals surface area contributed by atoms with Crippen LogP contribution in [0.15, 0.2) is 27.3 Å². The Labute approximate surface area is 149 Å². The summed E-state index contributed by atoms with van der Waals surface area (Å²) in [6.45, 7) is 0.974. The molecule has 0 aliphatic heterocycles. The molecule has 2 bridgehead atoms. The van der Waals surface area contributed by atoms with Crippen molar-refractivity contribution in [1.82, 2.24) is 15.1 Å². The fourth-order valence-electron chi connectivity index (χ4n) is 4.60. The van der Waals surface area contributed by atoms with Crippen molar-refractivity contribution < 1.29 is 4.52 Å². The van der Waals surface area contributed by atoms with Crippen LogP contribution in [-0.4, -0.2) is 21.7 Å². The normalized spacial score (nSPS) is 31.5. The van der Waals surface area contributed by atoms with Gasteiger partial charge in [0.2, 0.25) is 5.89 Å². The van der Waals surface area contributed by atoms with E-state index in [1.165, 1.54) is 38.5 Å². The van der Waals surface area contributed by atoms with Crippen molar-refractivity contribution in [3.63, 3.8) is 0 Å². The van der Waals surface area contributed by atoms with E-state index in [4.69, 9.17) is 9.51 Å². The lowest BCUT2D eigenvalue weighted by atomic mass is 9.82. The zero-order valence-corrected chi connectivity index (χ0v) is 15.2. The van der Waals surface area contributed by atoms with Crippen molar-refractivity contribution in [2.45, 2.75) is 56.3 Å². The molecule has 2 heterocycles. The van der Waals surface area contributed by atoms with Gasteiger partial charge in [-0.3, -0.25) is 0 Å². The molecule has 3 fully saturated rings. The van der Waals surface area contributed by atoms with Crippen LogP contribution < -0.4 is 5.32 Å². The summed E-state index contributed by atoms with van der Waals surface area (Å²) in [5.41, 5.74) is 0.477. The lowest BCUT2D eigenvalue weighted by molar-refractivity contribution is 0.272. The molecule has 0 unspecified atom stereocenters. The van der Waals surface area contributed by atoms with E-state index in [-0.39, 0.29) is 5.41 Å². The molecule has 2 aromatic rings. The lowest BCUT2D eigenvalue weighted by Gasteiger charge is -2.27. The van der Waals surface area contributed by atoms with E-state index in [2.05, 4.69) is 31.4 Å². The topological polar surface area (TPSA) is 63.8 Å². The smallest absolute Gasteiger partial charge is 0.232 e. The molecule has 0 atom stereocenters. The van der Waals surface area contributed by atoms with E-state index in [1.54, 1.807) is 0 Å². The Balaban J connectivity index is 1.31. The first-order valence-corrected chi connectivity index (χ1v) is 9.65. The predicted molar refractivity (Wildman–Crippen MR) is 93.9 cm³/mol. The van der Waals surface area contributed by atoms with E-state index in [9.17, 15) is 0 Å². The van der Waals surface area contributed by atoms with Gasteiger partial charge < -0.3 is 9.84 Å². The molecular formula is C18H21BrN4O. The van der Waals surface area contributed by atoms with E-state index in [1.807, 2.05) is 18.3 Å². The summed E-state index contributed by atoms with van der Waals surface area (Å²) in [6, 6.07) is 3.99. The quantitative estimate of drug-likeness (QED) is 0.820. The Hall–Kier alpha value is -1.43. The highest BCUT2D eigenvalue weighted by Gasteiger charge is 2.57. The van der Waals surface area contributed by atoms with Gasteiger partial charge in [-0.25, -0.2) is 4.98 Å². The van der Waals surface area contributed by atoms with Gasteiger partial charge in [-0.1, -0.05) is 21.1 Å². The maximum Gasteiger partial charge on any atom is 0.232 e.